The van der Waals surface area contributed by atoms with Gasteiger partial charge in [0.05, 0.1) is 0 Å². The third kappa shape index (κ3) is 4.16. The Bertz CT molecular complexity index is 365. The molecule has 0 unspecified atom stereocenters. The average molecular weight is 231 g/mol. The Morgan fingerprint density at radius 3 is 2.29 bits per heavy atom. The first-order valence-electron chi connectivity index (χ1n) is 6.15. The maximum absolute atomic E-state index is 8.67. The van der Waals surface area contributed by atoms with E-state index in [0.717, 1.165) is 13.0 Å². The van der Waals surface area contributed by atoms with Gasteiger partial charge in [-0.3, -0.25) is 4.90 Å². The Hall–Kier alpha value is -1.40. The molecule has 0 amide bonds. The molecule has 0 aliphatic carbocycles. The minimum Gasteiger partial charge on any atom is -0.298 e. The van der Waals surface area contributed by atoms with Gasteiger partial charge in [0.25, 0.3) is 0 Å². The third-order valence-corrected chi connectivity index (χ3v) is 2.92. The molecule has 0 saturated heterocycles. The Balaban J connectivity index is 2.57. The normalized spacial score (nSPS) is 11.2. The highest BCUT2D eigenvalue weighted by atomic mass is 15.2. The molecule has 1 aromatic heterocycles. The van der Waals surface area contributed by atoms with Crippen LogP contribution in [0.15, 0.2) is 18.3 Å². The lowest BCUT2D eigenvalue weighted by molar-refractivity contribution is 0.177. The summed E-state index contributed by atoms with van der Waals surface area (Å²) in [4.78, 5) is 6.54. The zero-order valence-corrected chi connectivity index (χ0v) is 11.1. The fraction of sp³-hybridized carbons (Fsp3) is 0.571. The number of hydrogen-bond acceptors (Lipinski definition) is 3. The number of nitrogens with zero attached hydrogens (tertiary/aromatic N) is 3. The SMILES string of the molecule is CC(C)N(CCc1ccc(C#N)nc1)C(C)C. The summed E-state index contributed by atoms with van der Waals surface area (Å²) in [5, 5.41) is 8.67. The number of nitriles is 1. The molecule has 0 fully saturated rings. The van der Waals surface area contributed by atoms with Crippen molar-refractivity contribution in [2.45, 2.75) is 46.2 Å². The quantitative estimate of drug-likeness (QED) is 0.782. The highest BCUT2D eigenvalue weighted by molar-refractivity contribution is 5.23. The van der Waals surface area contributed by atoms with Crippen LogP contribution in [0.25, 0.3) is 0 Å². The molecular formula is C14H21N3. The average Bonchev–Trinajstić information content (AvgIpc) is 2.29. The molecule has 0 radical (unpaired) electrons. The van der Waals surface area contributed by atoms with Crippen LogP contribution in [0.1, 0.15) is 39.0 Å². The van der Waals surface area contributed by atoms with E-state index in [1.165, 1.54) is 5.56 Å². The molecule has 1 aromatic rings. The summed E-state index contributed by atoms with van der Waals surface area (Å²) in [7, 11) is 0. The Labute approximate surface area is 104 Å². The van der Waals surface area contributed by atoms with Gasteiger partial charge < -0.3 is 0 Å². The molecule has 3 heteroatoms. The lowest BCUT2D eigenvalue weighted by atomic mass is 10.1. The van der Waals surface area contributed by atoms with Gasteiger partial charge in [-0.25, -0.2) is 4.98 Å². The van der Waals surface area contributed by atoms with E-state index in [-0.39, 0.29) is 0 Å². The Morgan fingerprint density at radius 1 is 1.24 bits per heavy atom. The summed E-state index contributed by atoms with van der Waals surface area (Å²) in [6.07, 6.45) is 2.78. The van der Waals surface area contributed by atoms with E-state index in [9.17, 15) is 0 Å². The molecule has 1 heterocycles. The second-order valence-electron chi connectivity index (χ2n) is 4.84. The molecule has 1 rings (SSSR count). The van der Waals surface area contributed by atoms with Gasteiger partial charge in [-0.2, -0.15) is 5.26 Å². The van der Waals surface area contributed by atoms with Crippen molar-refractivity contribution in [3.63, 3.8) is 0 Å². The van der Waals surface area contributed by atoms with E-state index in [4.69, 9.17) is 5.26 Å². The predicted molar refractivity (Wildman–Crippen MR) is 69.6 cm³/mol. The summed E-state index contributed by atoms with van der Waals surface area (Å²) in [5.74, 6) is 0. The smallest absolute Gasteiger partial charge is 0.140 e. The van der Waals surface area contributed by atoms with Crippen molar-refractivity contribution in [2.75, 3.05) is 6.54 Å². The zero-order chi connectivity index (χ0) is 12.8. The molecule has 0 bridgehead atoms. The van der Waals surface area contributed by atoms with Gasteiger partial charge in [-0.1, -0.05) is 6.07 Å². The van der Waals surface area contributed by atoms with Crippen molar-refractivity contribution < 1.29 is 0 Å². The second kappa shape index (κ2) is 6.36. The van der Waals surface area contributed by atoms with E-state index in [0.29, 0.717) is 17.8 Å². The first-order valence-corrected chi connectivity index (χ1v) is 6.15. The molecule has 0 spiro atoms. The summed E-state index contributed by atoms with van der Waals surface area (Å²) in [5.41, 5.74) is 1.67. The van der Waals surface area contributed by atoms with E-state index in [1.54, 1.807) is 12.3 Å². The number of aromatic nitrogens is 1. The summed E-state index contributed by atoms with van der Waals surface area (Å²) >= 11 is 0. The van der Waals surface area contributed by atoms with Crippen molar-refractivity contribution in [3.8, 4) is 6.07 Å². The number of rotatable bonds is 5. The van der Waals surface area contributed by atoms with E-state index in [2.05, 4.69) is 37.6 Å². The van der Waals surface area contributed by atoms with Crippen molar-refractivity contribution in [3.05, 3.63) is 29.6 Å². The monoisotopic (exact) mass is 231 g/mol. The van der Waals surface area contributed by atoms with Crippen LogP contribution < -0.4 is 0 Å². The van der Waals surface area contributed by atoms with Crippen LogP contribution in [-0.2, 0) is 6.42 Å². The second-order valence-corrected chi connectivity index (χ2v) is 4.84. The molecule has 92 valence electrons. The van der Waals surface area contributed by atoms with Crippen LogP contribution in [0.5, 0.6) is 0 Å². The van der Waals surface area contributed by atoms with Crippen LogP contribution in [0.3, 0.4) is 0 Å². The maximum atomic E-state index is 8.67. The first kappa shape index (κ1) is 13.7. The van der Waals surface area contributed by atoms with Gasteiger partial charge in [-0.15, -0.1) is 0 Å². The van der Waals surface area contributed by atoms with Crippen LogP contribution in [0.2, 0.25) is 0 Å². The van der Waals surface area contributed by atoms with Crippen LogP contribution in [0, 0.1) is 11.3 Å². The van der Waals surface area contributed by atoms with E-state index >= 15 is 0 Å². The van der Waals surface area contributed by atoms with Crippen LogP contribution >= 0.6 is 0 Å². The maximum Gasteiger partial charge on any atom is 0.140 e. The fourth-order valence-corrected chi connectivity index (χ4v) is 2.01. The molecule has 17 heavy (non-hydrogen) atoms. The fourth-order valence-electron chi connectivity index (χ4n) is 2.01. The molecule has 0 aliphatic rings. The predicted octanol–water partition coefficient (Wildman–Crippen LogP) is 2.61. The van der Waals surface area contributed by atoms with Crippen molar-refractivity contribution in [2.24, 2.45) is 0 Å². The molecule has 0 aliphatic heterocycles. The standard InChI is InChI=1S/C14H21N3/c1-11(2)17(12(3)4)8-7-13-5-6-14(9-15)16-10-13/h5-6,10-12H,7-8H2,1-4H3. The third-order valence-electron chi connectivity index (χ3n) is 2.92. The topological polar surface area (TPSA) is 39.9 Å². The van der Waals surface area contributed by atoms with Crippen molar-refractivity contribution in [1.29, 1.82) is 5.26 Å². The summed E-state index contributed by atoms with van der Waals surface area (Å²) in [6.45, 7) is 9.91. The molecule has 0 aromatic carbocycles. The number of pyridine rings is 1. The van der Waals surface area contributed by atoms with Gasteiger partial charge in [-0.05, 0) is 45.7 Å². The number of hydrogen-bond donors (Lipinski definition) is 0. The lowest BCUT2D eigenvalue weighted by Crippen LogP contribution is -2.38. The van der Waals surface area contributed by atoms with E-state index < -0.39 is 0 Å². The largest absolute Gasteiger partial charge is 0.298 e. The lowest BCUT2D eigenvalue weighted by Gasteiger charge is -2.30. The molecule has 0 saturated carbocycles. The van der Waals surface area contributed by atoms with Crippen molar-refractivity contribution in [1.82, 2.24) is 9.88 Å². The van der Waals surface area contributed by atoms with Gasteiger partial charge in [0.1, 0.15) is 11.8 Å². The van der Waals surface area contributed by atoms with Gasteiger partial charge in [0.2, 0.25) is 0 Å². The van der Waals surface area contributed by atoms with Gasteiger partial charge in [0.15, 0.2) is 0 Å². The van der Waals surface area contributed by atoms with Gasteiger partial charge in [0, 0.05) is 24.8 Å². The van der Waals surface area contributed by atoms with Crippen LogP contribution in [-0.4, -0.2) is 28.5 Å². The minimum absolute atomic E-state index is 0.485. The highest BCUT2D eigenvalue weighted by Gasteiger charge is 2.12. The van der Waals surface area contributed by atoms with E-state index in [1.807, 2.05) is 12.1 Å². The highest BCUT2D eigenvalue weighted by Crippen LogP contribution is 2.08. The molecule has 3 nitrogen and oxygen atoms in total. The van der Waals surface area contributed by atoms with Crippen molar-refractivity contribution >= 4 is 0 Å². The summed E-state index contributed by atoms with van der Waals surface area (Å²) in [6, 6.07) is 6.92. The zero-order valence-electron chi connectivity index (χ0n) is 11.1. The molecule has 0 atom stereocenters. The first-order chi connectivity index (χ1) is 8.04. The van der Waals surface area contributed by atoms with Gasteiger partial charge >= 0.3 is 0 Å². The summed E-state index contributed by atoms with van der Waals surface area (Å²) < 4.78 is 0. The molecular weight excluding hydrogens is 210 g/mol. The minimum atomic E-state index is 0.485. The van der Waals surface area contributed by atoms with Crippen LogP contribution in [0.4, 0.5) is 0 Å². The Morgan fingerprint density at radius 2 is 1.88 bits per heavy atom. The molecule has 0 N–H and O–H groups in total. The Kier molecular flexibility index (Phi) is 5.11.